The molecule has 0 bridgehead atoms. The van der Waals surface area contributed by atoms with E-state index in [-0.39, 0.29) is 18.4 Å². The quantitative estimate of drug-likeness (QED) is 0.680. The van der Waals surface area contributed by atoms with E-state index in [1.807, 2.05) is 0 Å². The second-order valence-corrected chi connectivity index (χ2v) is 5.52. The van der Waals surface area contributed by atoms with Gasteiger partial charge in [-0.25, -0.2) is 0 Å². The van der Waals surface area contributed by atoms with Crippen LogP contribution in [0, 0.1) is 0 Å². The summed E-state index contributed by atoms with van der Waals surface area (Å²) in [6.45, 7) is 2.77. The van der Waals surface area contributed by atoms with Crippen LogP contribution in [0.1, 0.15) is 6.92 Å². The molecule has 0 aliphatic rings. The molecule has 0 saturated heterocycles. The van der Waals surface area contributed by atoms with Crippen molar-refractivity contribution in [2.75, 3.05) is 40.9 Å². The molecule has 0 aromatic carbocycles. The lowest BCUT2D eigenvalue weighted by Gasteiger charge is -2.28. The molecule has 1 unspecified atom stereocenters. The monoisotopic (exact) mass is 275 g/mol. The van der Waals surface area contributed by atoms with E-state index < -0.39 is 10.2 Å². The SMILES string of the molecule is COCCN(C)S(=O)(=O)N(C)C(C)CN.Cl. The highest BCUT2D eigenvalue weighted by atomic mass is 35.5. The summed E-state index contributed by atoms with van der Waals surface area (Å²) in [4.78, 5) is 0. The van der Waals surface area contributed by atoms with E-state index in [4.69, 9.17) is 10.5 Å². The minimum Gasteiger partial charge on any atom is -0.383 e. The lowest BCUT2D eigenvalue weighted by Crippen LogP contribution is -2.47. The minimum atomic E-state index is -3.42. The lowest BCUT2D eigenvalue weighted by atomic mass is 10.4. The summed E-state index contributed by atoms with van der Waals surface area (Å²) in [5.74, 6) is 0. The van der Waals surface area contributed by atoms with Gasteiger partial charge in [0.15, 0.2) is 0 Å². The number of ether oxygens (including phenoxy) is 1. The Balaban J connectivity index is 0. The van der Waals surface area contributed by atoms with E-state index in [1.165, 1.54) is 29.8 Å². The average molecular weight is 276 g/mol. The Morgan fingerprint density at radius 3 is 2.25 bits per heavy atom. The van der Waals surface area contributed by atoms with E-state index in [0.29, 0.717) is 19.7 Å². The summed E-state index contributed by atoms with van der Waals surface area (Å²) in [5.41, 5.74) is 5.42. The summed E-state index contributed by atoms with van der Waals surface area (Å²) in [5, 5.41) is 0. The van der Waals surface area contributed by atoms with Crippen LogP contribution < -0.4 is 5.73 Å². The molecule has 0 aliphatic heterocycles. The number of likely N-dealkylation sites (N-methyl/N-ethyl adjacent to an activating group) is 2. The van der Waals surface area contributed by atoms with Gasteiger partial charge in [-0.3, -0.25) is 0 Å². The number of hydrogen-bond donors (Lipinski definition) is 1. The average Bonchev–Trinajstić information content (AvgIpc) is 2.23. The molecule has 100 valence electrons. The van der Waals surface area contributed by atoms with Gasteiger partial charge in [0.25, 0.3) is 10.2 Å². The van der Waals surface area contributed by atoms with Crippen LogP contribution in [0.15, 0.2) is 0 Å². The summed E-state index contributed by atoms with van der Waals surface area (Å²) in [7, 11) is 1.16. The molecule has 0 aromatic rings. The Labute approximate surface area is 104 Å². The van der Waals surface area contributed by atoms with E-state index in [9.17, 15) is 8.42 Å². The third-order valence-electron chi connectivity index (χ3n) is 2.33. The molecule has 0 radical (unpaired) electrons. The Hall–Kier alpha value is 0.0800. The molecule has 0 fully saturated rings. The smallest absolute Gasteiger partial charge is 0.281 e. The van der Waals surface area contributed by atoms with Gasteiger partial charge >= 0.3 is 0 Å². The van der Waals surface area contributed by atoms with Crippen molar-refractivity contribution in [2.24, 2.45) is 5.73 Å². The molecular formula is C8H22ClN3O3S. The van der Waals surface area contributed by atoms with Crippen molar-refractivity contribution in [1.29, 1.82) is 0 Å². The summed E-state index contributed by atoms with van der Waals surface area (Å²) < 4.78 is 31.1. The van der Waals surface area contributed by atoms with Crippen molar-refractivity contribution in [2.45, 2.75) is 13.0 Å². The standard InChI is InChI=1S/C8H21N3O3S.ClH/c1-8(7-9)11(3)15(12,13)10(2)5-6-14-4;/h8H,5-7,9H2,1-4H3;1H. The highest BCUT2D eigenvalue weighted by Crippen LogP contribution is 2.07. The second-order valence-electron chi connectivity index (χ2n) is 3.42. The van der Waals surface area contributed by atoms with Crippen LogP contribution in [0.4, 0.5) is 0 Å². The number of halogens is 1. The van der Waals surface area contributed by atoms with Gasteiger partial charge in [-0.05, 0) is 6.92 Å². The summed E-state index contributed by atoms with van der Waals surface area (Å²) in [6, 6.07) is -0.208. The van der Waals surface area contributed by atoms with Crippen LogP contribution in [0.3, 0.4) is 0 Å². The molecule has 0 rings (SSSR count). The van der Waals surface area contributed by atoms with E-state index >= 15 is 0 Å². The van der Waals surface area contributed by atoms with Gasteiger partial charge in [-0.1, -0.05) is 0 Å². The molecule has 0 spiro atoms. The topological polar surface area (TPSA) is 75.9 Å². The first kappa shape index (κ1) is 18.4. The first-order valence-corrected chi connectivity index (χ1v) is 6.16. The maximum Gasteiger partial charge on any atom is 0.281 e. The molecule has 0 aliphatic carbocycles. The third-order valence-corrected chi connectivity index (χ3v) is 4.39. The van der Waals surface area contributed by atoms with Crippen LogP contribution in [-0.4, -0.2) is 64.0 Å². The zero-order valence-electron chi connectivity index (χ0n) is 10.2. The van der Waals surface area contributed by atoms with Crippen LogP contribution in [0.2, 0.25) is 0 Å². The Morgan fingerprint density at radius 1 is 1.38 bits per heavy atom. The molecule has 0 heterocycles. The number of nitrogens with zero attached hydrogens (tertiary/aromatic N) is 2. The molecule has 6 nitrogen and oxygen atoms in total. The fourth-order valence-electron chi connectivity index (χ4n) is 0.931. The first-order chi connectivity index (χ1) is 6.87. The lowest BCUT2D eigenvalue weighted by molar-refractivity contribution is 0.182. The molecule has 0 amide bonds. The maximum atomic E-state index is 11.9. The number of hydrogen-bond acceptors (Lipinski definition) is 4. The molecule has 2 N–H and O–H groups in total. The predicted molar refractivity (Wildman–Crippen MR) is 67.0 cm³/mol. The zero-order valence-corrected chi connectivity index (χ0v) is 11.8. The largest absolute Gasteiger partial charge is 0.383 e. The predicted octanol–water partition coefficient (Wildman–Crippen LogP) is -0.490. The third kappa shape index (κ3) is 4.94. The molecule has 16 heavy (non-hydrogen) atoms. The maximum absolute atomic E-state index is 11.9. The van der Waals surface area contributed by atoms with Gasteiger partial charge in [0.2, 0.25) is 0 Å². The highest BCUT2D eigenvalue weighted by Gasteiger charge is 2.26. The van der Waals surface area contributed by atoms with E-state index in [0.717, 1.165) is 0 Å². The normalized spacial score (nSPS) is 13.9. The van der Waals surface area contributed by atoms with Gasteiger partial charge < -0.3 is 10.5 Å². The fraction of sp³-hybridized carbons (Fsp3) is 1.00. The van der Waals surface area contributed by atoms with Crippen LogP contribution >= 0.6 is 12.4 Å². The first-order valence-electron chi connectivity index (χ1n) is 4.76. The number of rotatable bonds is 7. The van der Waals surface area contributed by atoms with Gasteiger partial charge in [-0.2, -0.15) is 17.0 Å². The highest BCUT2D eigenvalue weighted by molar-refractivity contribution is 7.86. The Morgan fingerprint density at radius 2 is 1.88 bits per heavy atom. The fourth-order valence-corrected chi connectivity index (χ4v) is 2.22. The minimum absolute atomic E-state index is 0. The molecule has 0 aromatic heterocycles. The summed E-state index contributed by atoms with van der Waals surface area (Å²) in [6.07, 6.45) is 0. The van der Waals surface area contributed by atoms with Crippen LogP contribution in [0.5, 0.6) is 0 Å². The van der Waals surface area contributed by atoms with Crippen molar-refractivity contribution in [3.8, 4) is 0 Å². The van der Waals surface area contributed by atoms with E-state index in [1.54, 1.807) is 6.92 Å². The van der Waals surface area contributed by atoms with Crippen LogP contribution in [-0.2, 0) is 14.9 Å². The molecule has 0 saturated carbocycles. The van der Waals surface area contributed by atoms with Gasteiger partial charge in [0.1, 0.15) is 0 Å². The number of methoxy groups -OCH3 is 1. The van der Waals surface area contributed by atoms with Crippen LogP contribution in [0.25, 0.3) is 0 Å². The molecule has 1 atom stereocenters. The second kappa shape index (κ2) is 8.21. The number of nitrogens with two attached hydrogens (primary N) is 1. The van der Waals surface area contributed by atoms with Gasteiger partial charge in [0, 0.05) is 40.3 Å². The molecular weight excluding hydrogens is 254 g/mol. The van der Waals surface area contributed by atoms with Gasteiger partial charge in [-0.15, -0.1) is 12.4 Å². The summed E-state index contributed by atoms with van der Waals surface area (Å²) >= 11 is 0. The Kier molecular flexibility index (Phi) is 9.47. The Bertz CT molecular complexity index is 274. The van der Waals surface area contributed by atoms with Crippen molar-refractivity contribution in [1.82, 2.24) is 8.61 Å². The van der Waals surface area contributed by atoms with Crippen molar-refractivity contribution < 1.29 is 13.2 Å². The van der Waals surface area contributed by atoms with Gasteiger partial charge in [0.05, 0.1) is 6.61 Å². The van der Waals surface area contributed by atoms with Crippen molar-refractivity contribution in [3.63, 3.8) is 0 Å². The zero-order chi connectivity index (χ0) is 12.1. The van der Waals surface area contributed by atoms with Crippen molar-refractivity contribution in [3.05, 3.63) is 0 Å². The van der Waals surface area contributed by atoms with E-state index in [2.05, 4.69) is 0 Å². The molecule has 8 heteroatoms. The van der Waals surface area contributed by atoms with Crippen molar-refractivity contribution >= 4 is 22.6 Å².